The lowest BCUT2D eigenvalue weighted by Crippen LogP contribution is -2.63. The summed E-state index contributed by atoms with van der Waals surface area (Å²) in [6.07, 6.45) is 0. The minimum atomic E-state index is 0.00710. The van der Waals surface area contributed by atoms with Gasteiger partial charge in [0, 0.05) is 17.1 Å². The molecule has 0 amide bonds. The predicted octanol–water partition coefficient (Wildman–Crippen LogP) is 7.41. The monoisotopic (exact) mass is 621 g/mol. The van der Waals surface area contributed by atoms with Gasteiger partial charge in [0.1, 0.15) is 0 Å². The van der Waals surface area contributed by atoms with Crippen LogP contribution in [0.5, 0.6) is 0 Å². The van der Waals surface area contributed by atoms with Crippen LogP contribution in [-0.2, 0) is 5.41 Å². The van der Waals surface area contributed by atoms with Gasteiger partial charge in [-0.05, 0) is 102 Å². The van der Waals surface area contributed by atoms with Crippen LogP contribution in [-0.4, -0.2) is 13.4 Å². The molecule has 7 aromatic carbocycles. The molecule has 4 heterocycles. The van der Waals surface area contributed by atoms with Gasteiger partial charge in [0.05, 0.1) is 0 Å². The van der Waals surface area contributed by atoms with Crippen molar-refractivity contribution >= 4 is 63.3 Å². The average molecular weight is 621 g/mol. The first-order chi connectivity index (χ1) is 24.0. The van der Waals surface area contributed by atoms with E-state index in [1.54, 1.807) is 0 Å². The highest BCUT2D eigenvalue weighted by molar-refractivity contribution is 7.05. The zero-order valence-corrected chi connectivity index (χ0v) is 28.0. The van der Waals surface area contributed by atoms with E-state index in [1.165, 1.54) is 99.9 Å². The smallest absolute Gasteiger partial charge is 0.248 e. The van der Waals surface area contributed by atoms with Crippen LogP contribution in [0.25, 0.3) is 44.5 Å². The molecule has 0 spiro atoms. The standard InChI is InChI=1S/C46H33B2N/c1-46(2,3)32-26-39-45-40(27-32)48-38-22-21-30(28-13-6-4-7-14-28)23-35(38)34-18-12-20-41(43(34)48)49(45)42-25-31(29-15-8-5-9-16-29)24-36-33-17-10-11-19-37(33)47(39)44(36)42/h4-27H,1-3H3. The van der Waals surface area contributed by atoms with Crippen LogP contribution >= 0.6 is 0 Å². The number of fused-ring (bicyclic) bond motifs is 10. The van der Waals surface area contributed by atoms with E-state index in [0.29, 0.717) is 0 Å². The van der Waals surface area contributed by atoms with E-state index < -0.39 is 0 Å². The zero-order valence-electron chi connectivity index (χ0n) is 28.0. The van der Waals surface area contributed by atoms with E-state index >= 15 is 0 Å². The van der Waals surface area contributed by atoms with Crippen LogP contribution in [0.2, 0.25) is 0 Å². The van der Waals surface area contributed by atoms with E-state index in [1.807, 2.05) is 0 Å². The number of benzene rings is 7. The fraction of sp³-hybridized carbons (Fsp3) is 0.0870. The topological polar surface area (TPSA) is 3.24 Å². The van der Waals surface area contributed by atoms with E-state index in [-0.39, 0.29) is 18.8 Å². The Morgan fingerprint density at radius 2 is 1.00 bits per heavy atom. The summed E-state index contributed by atoms with van der Waals surface area (Å²) in [6, 6.07) is 55.2. The Bertz CT molecular complexity index is 2540. The molecule has 1 nitrogen and oxygen atoms in total. The number of hydrogen-bond acceptors (Lipinski definition) is 1. The summed E-state index contributed by atoms with van der Waals surface area (Å²) in [5.41, 5.74) is 24.6. The normalized spacial score (nSPS) is 13.9. The Morgan fingerprint density at radius 3 is 1.71 bits per heavy atom. The van der Waals surface area contributed by atoms with Crippen LogP contribution in [0, 0.1) is 0 Å². The van der Waals surface area contributed by atoms with E-state index in [9.17, 15) is 0 Å². The van der Waals surface area contributed by atoms with Gasteiger partial charge in [-0.1, -0.05) is 153 Å². The van der Waals surface area contributed by atoms with Crippen LogP contribution in [0.1, 0.15) is 26.3 Å². The van der Waals surface area contributed by atoms with Crippen molar-refractivity contribution in [2.45, 2.75) is 26.2 Å². The molecule has 228 valence electrons. The lowest BCUT2D eigenvalue weighted by molar-refractivity contribution is 0.591. The molecule has 7 aromatic rings. The highest BCUT2D eigenvalue weighted by Gasteiger charge is 2.50. The summed E-state index contributed by atoms with van der Waals surface area (Å²) in [5, 5.41) is 0. The molecular formula is C46H33B2N. The van der Waals surface area contributed by atoms with Crippen LogP contribution in [0.4, 0.5) is 17.1 Å². The molecular weight excluding hydrogens is 588 g/mol. The largest absolute Gasteiger partial charge is 0.312 e. The van der Waals surface area contributed by atoms with Crippen LogP contribution < -0.4 is 37.7 Å². The molecule has 0 fully saturated rings. The Hall–Kier alpha value is -5.53. The van der Waals surface area contributed by atoms with Crippen molar-refractivity contribution in [3.05, 3.63) is 151 Å². The molecule has 0 bridgehead atoms. The van der Waals surface area contributed by atoms with Gasteiger partial charge in [0.15, 0.2) is 0 Å². The molecule has 0 radical (unpaired) electrons. The third-order valence-electron chi connectivity index (χ3n) is 11.6. The van der Waals surface area contributed by atoms with Crippen molar-refractivity contribution in [3.8, 4) is 44.5 Å². The second-order valence-electron chi connectivity index (χ2n) is 15.3. The van der Waals surface area contributed by atoms with Crippen molar-refractivity contribution in [3.63, 3.8) is 0 Å². The predicted molar refractivity (Wildman–Crippen MR) is 211 cm³/mol. The number of nitrogens with zero attached hydrogens (tertiary/aromatic N) is 1. The molecule has 4 aliphatic heterocycles. The summed E-state index contributed by atoms with van der Waals surface area (Å²) in [7, 11) is 0. The molecule has 0 aromatic heterocycles. The number of anilines is 3. The fourth-order valence-electron chi connectivity index (χ4n) is 9.42. The van der Waals surface area contributed by atoms with Gasteiger partial charge in [-0.3, -0.25) is 0 Å². The van der Waals surface area contributed by atoms with Gasteiger partial charge in [0.2, 0.25) is 13.4 Å². The van der Waals surface area contributed by atoms with Crippen molar-refractivity contribution < 1.29 is 0 Å². The minimum Gasteiger partial charge on any atom is -0.312 e. The molecule has 0 unspecified atom stereocenters. The number of hydrogen-bond donors (Lipinski definition) is 0. The molecule has 0 saturated heterocycles. The van der Waals surface area contributed by atoms with Gasteiger partial charge in [-0.2, -0.15) is 0 Å². The summed E-state index contributed by atoms with van der Waals surface area (Å²) >= 11 is 0. The van der Waals surface area contributed by atoms with E-state index in [4.69, 9.17) is 0 Å². The summed E-state index contributed by atoms with van der Waals surface area (Å²) in [4.78, 5) is 2.66. The highest BCUT2D eigenvalue weighted by atomic mass is 15.2. The fourth-order valence-corrected chi connectivity index (χ4v) is 9.42. The van der Waals surface area contributed by atoms with E-state index in [2.05, 4.69) is 171 Å². The zero-order chi connectivity index (χ0) is 32.6. The van der Waals surface area contributed by atoms with E-state index in [0.717, 1.165) is 0 Å². The third kappa shape index (κ3) is 3.63. The summed E-state index contributed by atoms with van der Waals surface area (Å²) in [6.45, 7) is 7.49. The Labute approximate surface area is 289 Å². The Morgan fingerprint density at radius 1 is 0.408 bits per heavy atom. The molecule has 49 heavy (non-hydrogen) atoms. The number of rotatable bonds is 2. The molecule has 4 aliphatic rings. The minimum absolute atomic E-state index is 0.00710. The summed E-state index contributed by atoms with van der Waals surface area (Å²) < 4.78 is 0. The highest BCUT2D eigenvalue weighted by Crippen LogP contribution is 2.46. The Balaban J connectivity index is 1.26. The average Bonchev–Trinajstić information content (AvgIpc) is 3.65. The Kier molecular flexibility index (Phi) is 5.34. The van der Waals surface area contributed by atoms with Gasteiger partial charge in [-0.25, -0.2) is 0 Å². The molecule has 0 saturated carbocycles. The van der Waals surface area contributed by atoms with Gasteiger partial charge < -0.3 is 4.90 Å². The molecule has 0 N–H and O–H groups in total. The second kappa shape index (κ2) is 9.55. The maximum absolute atomic E-state index is 2.66. The molecule has 11 rings (SSSR count). The molecule has 0 atom stereocenters. The molecule has 3 heteroatoms. The SMILES string of the molecule is CC(C)(C)c1cc2c3c(c1)B1c4ccccc4-c4cc(-c5ccccc5)cc(c41)N3c1cccc3c1B2c1ccc(-c2ccccc2)cc1-3. The van der Waals surface area contributed by atoms with Gasteiger partial charge >= 0.3 is 0 Å². The van der Waals surface area contributed by atoms with Crippen molar-refractivity contribution in [2.75, 3.05) is 4.90 Å². The second-order valence-corrected chi connectivity index (χ2v) is 15.3. The van der Waals surface area contributed by atoms with Crippen LogP contribution in [0.3, 0.4) is 0 Å². The first kappa shape index (κ1) is 27.4. The van der Waals surface area contributed by atoms with Crippen molar-refractivity contribution in [1.29, 1.82) is 0 Å². The quantitative estimate of drug-likeness (QED) is 0.182. The first-order valence-electron chi connectivity index (χ1n) is 17.6. The van der Waals surface area contributed by atoms with Crippen molar-refractivity contribution in [2.24, 2.45) is 0 Å². The lowest BCUT2D eigenvalue weighted by atomic mass is 9.32. The van der Waals surface area contributed by atoms with Gasteiger partial charge in [0.25, 0.3) is 0 Å². The lowest BCUT2D eigenvalue weighted by Gasteiger charge is -2.43. The molecule has 0 aliphatic carbocycles. The maximum Gasteiger partial charge on any atom is 0.248 e. The maximum atomic E-state index is 2.66. The van der Waals surface area contributed by atoms with Gasteiger partial charge in [-0.15, -0.1) is 0 Å². The van der Waals surface area contributed by atoms with Crippen LogP contribution in [0.15, 0.2) is 146 Å². The first-order valence-corrected chi connectivity index (χ1v) is 17.6. The van der Waals surface area contributed by atoms with Crippen molar-refractivity contribution in [1.82, 2.24) is 0 Å². The third-order valence-corrected chi connectivity index (χ3v) is 11.6. The summed E-state index contributed by atoms with van der Waals surface area (Å²) in [5.74, 6) is 0.